The third-order valence-electron chi connectivity index (χ3n) is 3.70. The van der Waals surface area contributed by atoms with Crippen LogP contribution in [0.25, 0.3) is 0 Å². The maximum Gasteiger partial charge on any atom is 0.00703 e. The monoisotopic (exact) mass is 203 g/mol. The van der Waals surface area contributed by atoms with Crippen LogP contribution in [0.3, 0.4) is 0 Å². The molecule has 1 aliphatic rings. The van der Waals surface area contributed by atoms with Gasteiger partial charge in [-0.1, -0.05) is 30.2 Å². The molecule has 1 nitrogen and oxygen atoms in total. The van der Waals surface area contributed by atoms with E-state index in [1.807, 2.05) is 0 Å². The van der Waals surface area contributed by atoms with E-state index in [1.54, 1.807) is 0 Å². The van der Waals surface area contributed by atoms with Gasteiger partial charge in [0.25, 0.3) is 0 Å². The number of benzene rings is 1. The highest BCUT2D eigenvalue weighted by Crippen LogP contribution is 2.28. The molecule has 1 aromatic carbocycles. The molecule has 0 heterocycles. The molecule has 0 spiro atoms. The van der Waals surface area contributed by atoms with Gasteiger partial charge in [0.2, 0.25) is 0 Å². The number of aryl methyl sites for hydroxylation is 2. The summed E-state index contributed by atoms with van der Waals surface area (Å²) < 4.78 is 0. The van der Waals surface area contributed by atoms with E-state index in [-0.39, 0.29) is 0 Å². The molecule has 2 unspecified atom stereocenters. The summed E-state index contributed by atoms with van der Waals surface area (Å²) in [5, 5.41) is 0. The lowest BCUT2D eigenvalue weighted by Crippen LogP contribution is -2.26. The summed E-state index contributed by atoms with van der Waals surface area (Å²) in [6, 6.07) is 7.17. The summed E-state index contributed by atoms with van der Waals surface area (Å²) >= 11 is 0. The van der Waals surface area contributed by atoms with Gasteiger partial charge in [-0.2, -0.15) is 0 Å². The topological polar surface area (TPSA) is 26.0 Å². The number of rotatable bonds is 2. The van der Waals surface area contributed by atoms with E-state index in [4.69, 9.17) is 5.73 Å². The third kappa shape index (κ3) is 2.40. The molecule has 1 fully saturated rings. The Bertz CT molecular complexity index is 343. The van der Waals surface area contributed by atoms with Gasteiger partial charge in [-0.15, -0.1) is 0 Å². The van der Waals surface area contributed by atoms with Crippen LogP contribution >= 0.6 is 0 Å². The van der Waals surface area contributed by atoms with Crippen LogP contribution < -0.4 is 5.73 Å². The van der Waals surface area contributed by atoms with Crippen molar-refractivity contribution in [3.63, 3.8) is 0 Å². The quantitative estimate of drug-likeness (QED) is 0.785. The molecule has 1 saturated carbocycles. The van der Waals surface area contributed by atoms with Crippen LogP contribution in [0.15, 0.2) is 18.2 Å². The van der Waals surface area contributed by atoms with Gasteiger partial charge in [-0.3, -0.25) is 0 Å². The minimum absolute atomic E-state index is 0.435. The third-order valence-corrected chi connectivity index (χ3v) is 3.70. The maximum atomic E-state index is 6.11. The minimum Gasteiger partial charge on any atom is -0.327 e. The molecular formula is C14H21N. The van der Waals surface area contributed by atoms with E-state index >= 15 is 0 Å². The molecule has 2 N–H and O–H groups in total. The lowest BCUT2D eigenvalue weighted by molar-refractivity contribution is 0.478. The molecule has 0 saturated heterocycles. The zero-order valence-electron chi connectivity index (χ0n) is 9.79. The first-order valence-electron chi connectivity index (χ1n) is 5.98. The van der Waals surface area contributed by atoms with Crippen LogP contribution in [0.2, 0.25) is 0 Å². The number of nitrogens with two attached hydrogens (primary N) is 1. The van der Waals surface area contributed by atoms with Crippen molar-refractivity contribution in [2.24, 2.45) is 11.7 Å². The predicted molar refractivity (Wildman–Crippen MR) is 64.9 cm³/mol. The average Bonchev–Trinajstić information content (AvgIpc) is 2.58. The molecule has 0 radical (unpaired) electrons. The Labute approximate surface area is 92.7 Å². The first kappa shape index (κ1) is 10.7. The van der Waals surface area contributed by atoms with Crippen LogP contribution in [0.5, 0.6) is 0 Å². The summed E-state index contributed by atoms with van der Waals surface area (Å²) in [6.45, 7) is 4.37. The highest BCUT2D eigenvalue weighted by molar-refractivity contribution is 5.31. The second kappa shape index (κ2) is 4.36. The van der Waals surface area contributed by atoms with Crippen LogP contribution in [0.4, 0.5) is 0 Å². The van der Waals surface area contributed by atoms with Crippen LogP contribution in [0, 0.1) is 19.8 Å². The highest BCUT2D eigenvalue weighted by Gasteiger charge is 2.24. The zero-order valence-corrected chi connectivity index (χ0v) is 9.79. The Morgan fingerprint density at radius 2 is 2.07 bits per heavy atom. The van der Waals surface area contributed by atoms with Gasteiger partial charge in [-0.05, 0) is 50.2 Å². The SMILES string of the molecule is Cc1ccc(C)c(CC2CCCC2N)c1. The standard InChI is InChI=1S/C14H21N/c1-10-6-7-11(2)13(8-10)9-12-4-3-5-14(12)15/h6-8,12,14H,3-5,9,15H2,1-2H3. The molecule has 0 aliphatic heterocycles. The first-order valence-corrected chi connectivity index (χ1v) is 5.98. The molecule has 0 amide bonds. The Hall–Kier alpha value is -0.820. The summed E-state index contributed by atoms with van der Waals surface area (Å²) in [5.74, 6) is 0.713. The Morgan fingerprint density at radius 1 is 1.27 bits per heavy atom. The highest BCUT2D eigenvalue weighted by atomic mass is 14.7. The second-order valence-electron chi connectivity index (χ2n) is 4.99. The minimum atomic E-state index is 0.435. The number of hydrogen-bond donors (Lipinski definition) is 1. The van der Waals surface area contributed by atoms with E-state index in [1.165, 1.54) is 42.4 Å². The smallest absolute Gasteiger partial charge is 0.00703 e. The van der Waals surface area contributed by atoms with Crippen LogP contribution in [-0.2, 0) is 6.42 Å². The molecule has 2 atom stereocenters. The molecule has 1 heteroatoms. The van der Waals surface area contributed by atoms with Gasteiger partial charge in [0, 0.05) is 6.04 Å². The summed E-state index contributed by atoms with van der Waals surface area (Å²) in [7, 11) is 0. The van der Waals surface area contributed by atoms with E-state index in [9.17, 15) is 0 Å². The van der Waals surface area contributed by atoms with Gasteiger partial charge in [0.1, 0.15) is 0 Å². The molecule has 0 aromatic heterocycles. The van der Waals surface area contributed by atoms with Crippen LogP contribution in [0.1, 0.15) is 36.0 Å². The van der Waals surface area contributed by atoms with Crippen molar-refractivity contribution in [1.29, 1.82) is 0 Å². The molecule has 82 valence electrons. The molecule has 2 rings (SSSR count). The molecule has 1 aliphatic carbocycles. The lowest BCUT2D eigenvalue weighted by atomic mass is 9.92. The number of hydrogen-bond acceptors (Lipinski definition) is 1. The Kier molecular flexibility index (Phi) is 3.11. The average molecular weight is 203 g/mol. The fourth-order valence-electron chi connectivity index (χ4n) is 2.62. The Morgan fingerprint density at radius 3 is 2.73 bits per heavy atom. The van der Waals surface area contributed by atoms with E-state index < -0.39 is 0 Å². The van der Waals surface area contributed by atoms with Crippen molar-refractivity contribution in [2.75, 3.05) is 0 Å². The predicted octanol–water partition coefficient (Wildman–Crippen LogP) is 2.97. The van der Waals surface area contributed by atoms with Crippen molar-refractivity contribution in [1.82, 2.24) is 0 Å². The summed E-state index contributed by atoms with van der Waals surface area (Å²) in [6.07, 6.45) is 5.02. The first-order chi connectivity index (χ1) is 7.16. The van der Waals surface area contributed by atoms with Gasteiger partial charge in [0.15, 0.2) is 0 Å². The van der Waals surface area contributed by atoms with Gasteiger partial charge >= 0.3 is 0 Å². The van der Waals surface area contributed by atoms with Crippen molar-refractivity contribution in [3.05, 3.63) is 34.9 Å². The van der Waals surface area contributed by atoms with Gasteiger partial charge in [0.05, 0.1) is 0 Å². The fraction of sp³-hybridized carbons (Fsp3) is 0.571. The summed E-state index contributed by atoms with van der Waals surface area (Å²) in [5.41, 5.74) is 10.4. The van der Waals surface area contributed by atoms with E-state index in [0.29, 0.717) is 12.0 Å². The van der Waals surface area contributed by atoms with Crippen molar-refractivity contribution >= 4 is 0 Å². The van der Waals surface area contributed by atoms with Crippen molar-refractivity contribution < 1.29 is 0 Å². The van der Waals surface area contributed by atoms with Crippen molar-refractivity contribution in [2.45, 2.75) is 45.6 Å². The largest absolute Gasteiger partial charge is 0.327 e. The normalized spacial score (nSPS) is 25.8. The van der Waals surface area contributed by atoms with Gasteiger partial charge in [-0.25, -0.2) is 0 Å². The zero-order chi connectivity index (χ0) is 10.8. The van der Waals surface area contributed by atoms with E-state index in [0.717, 1.165) is 0 Å². The molecule has 15 heavy (non-hydrogen) atoms. The second-order valence-corrected chi connectivity index (χ2v) is 4.99. The fourth-order valence-corrected chi connectivity index (χ4v) is 2.62. The summed E-state index contributed by atoms with van der Waals surface area (Å²) in [4.78, 5) is 0. The Balaban J connectivity index is 2.12. The molecule has 1 aromatic rings. The van der Waals surface area contributed by atoms with Crippen LogP contribution in [-0.4, -0.2) is 6.04 Å². The maximum absolute atomic E-state index is 6.11. The van der Waals surface area contributed by atoms with Crippen molar-refractivity contribution in [3.8, 4) is 0 Å². The molecular weight excluding hydrogens is 182 g/mol. The van der Waals surface area contributed by atoms with E-state index in [2.05, 4.69) is 32.0 Å². The lowest BCUT2D eigenvalue weighted by Gasteiger charge is -2.17. The van der Waals surface area contributed by atoms with Gasteiger partial charge < -0.3 is 5.73 Å². The molecule has 0 bridgehead atoms.